The molecule has 0 spiro atoms. The second kappa shape index (κ2) is 6.67. The van der Waals surface area contributed by atoms with Crippen LogP contribution in [0.15, 0.2) is 23.3 Å². The van der Waals surface area contributed by atoms with E-state index >= 15 is 0 Å². The topological polar surface area (TPSA) is 23.8 Å². The average molecular weight is 163 g/mol. The van der Waals surface area contributed by atoms with E-state index in [0.29, 0.717) is 0 Å². The van der Waals surface area contributed by atoms with E-state index in [-0.39, 0.29) is 0 Å². The van der Waals surface area contributed by atoms with Crippen LogP contribution in [0.4, 0.5) is 0 Å². The van der Waals surface area contributed by atoms with Gasteiger partial charge in [-0.25, -0.2) is 0 Å². The van der Waals surface area contributed by atoms with Gasteiger partial charge in [0.25, 0.3) is 0 Å². The van der Waals surface area contributed by atoms with E-state index < -0.39 is 0 Å². The van der Waals surface area contributed by atoms with Crippen LogP contribution >= 0.6 is 0 Å². The molecular formula is C11H17N. The van der Waals surface area contributed by atoms with Gasteiger partial charge in [0.15, 0.2) is 0 Å². The Labute approximate surface area is 75.4 Å². The van der Waals surface area contributed by atoms with Gasteiger partial charge in [0.1, 0.15) is 0 Å². The van der Waals surface area contributed by atoms with E-state index in [2.05, 4.69) is 19.9 Å². The summed E-state index contributed by atoms with van der Waals surface area (Å²) in [5.74, 6) is 0. The third-order valence-corrected chi connectivity index (χ3v) is 1.90. The van der Waals surface area contributed by atoms with E-state index in [4.69, 9.17) is 5.26 Å². The number of nitriles is 1. The van der Waals surface area contributed by atoms with Gasteiger partial charge in [-0.1, -0.05) is 24.1 Å². The summed E-state index contributed by atoms with van der Waals surface area (Å²) >= 11 is 0. The molecule has 1 nitrogen and oxygen atoms in total. The van der Waals surface area contributed by atoms with Crippen molar-refractivity contribution >= 4 is 0 Å². The largest absolute Gasteiger partial charge is 0.193 e. The Balaban J connectivity index is 3.72. The zero-order valence-corrected chi connectivity index (χ0v) is 8.22. The van der Waals surface area contributed by atoms with Crippen molar-refractivity contribution < 1.29 is 0 Å². The number of allylic oxidation sites excluding steroid dienone is 4. The molecule has 0 aromatic heterocycles. The van der Waals surface area contributed by atoms with Gasteiger partial charge in [0.2, 0.25) is 0 Å². The van der Waals surface area contributed by atoms with Crippen molar-refractivity contribution in [3.05, 3.63) is 23.3 Å². The van der Waals surface area contributed by atoms with Crippen LogP contribution in [0, 0.1) is 11.3 Å². The summed E-state index contributed by atoms with van der Waals surface area (Å²) in [6.07, 6.45) is 7.05. The fourth-order valence-corrected chi connectivity index (χ4v) is 0.873. The van der Waals surface area contributed by atoms with Crippen molar-refractivity contribution in [3.63, 3.8) is 0 Å². The lowest BCUT2D eigenvalue weighted by atomic mass is 10.1. The summed E-state index contributed by atoms with van der Waals surface area (Å²) in [4.78, 5) is 0. The Hall–Kier alpha value is -1.03. The van der Waals surface area contributed by atoms with E-state index in [1.54, 1.807) is 6.08 Å². The molecule has 0 aliphatic heterocycles. The molecule has 0 radical (unpaired) electrons. The van der Waals surface area contributed by atoms with Crippen LogP contribution in [-0.2, 0) is 0 Å². The van der Waals surface area contributed by atoms with E-state index in [1.165, 1.54) is 5.57 Å². The monoisotopic (exact) mass is 163 g/mol. The van der Waals surface area contributed by atoms with Crippen LogP contribution in [0.1, 0.15) is 40.0 Å². The summed E-state index contributed by atoms with van der Waals surface area (Å²) in [6.45, 7) is 6.30. The van der Waals surface area contributed by atoms with Gasteiger partial charge in [-0.15, -0.1) is 0 Å². The lowest BCUT2D eigenvalue weighted by Gasteiger charge is -1.96. The third kappa shape index (κ3) is 5.73. The molecule has 0 aromatic carbocycles. The van der Waals surface area contributed by atoms with Crippen molar-refractivity contribution in [2.45, 2.75) is 40.0 Å². The van der Waals surface area contributed by atoms with E-state index in [1.807, 2.05) is 13.0 Å². The summed E-state index contributed by atoms with van der Waals surface area (Å²) in [5, 5.41) is 8.35. The maximum atomic E-state index is 8.35. The lowest BCUT2D eigenvalue weighted by molar-refractivity contribution is 0.951. The first-order chi connectivity index (χ1) is 5.70. The Kier molecular flexibility index (Phi) is 6.09. The molecule has 0 amide bonds. The first kappa shape index (κ1) is 11.0. The number of hydrogen-bond donors (Lipinski definition) is 0. The SMILES string of the molecule is CC/C(C)=C\CC/C(C)=C\C#N. The fourth-order valence-electron chi connectivity index (χ4n) is 0.873. The zero-order chi connectivity index (χ0) is 9.40. The summed E-state index contributed by atoms with van der Waals surface area (Å²) in [7, 11) is 0. The molecule has 66 valence electrons. The molecule has 0 atom stereocenters. The van der Waals surface area contributed by atoms with Crippen molar-refractivity contribution in [2.75, 3.05) is 0 Å². The third-order valence-electron chi connectivity index (χ3n) is 1.90. The maximum Gasteiger partial charge on any atom is 0.0911 e. The zero-order valence-electron chi connectivity index (χ0n) is 8.22. The van der Waals surface area contributed by atoms with Gasteiger partial charge < -0.3 is 0 Å². The summed E-state index contributed by atoms with van der Waals surface area (Å²) in [5.41, 5.74) is 2.59. The highest BCUT2D eigenvalue weighted by Gasteiger charge is 1.88. The van der Waals surface area contributed by atoms with Crippen molar-refractivity contribution in [2.24, 2.45) is 0 Å². The van der Waals surface area contributed by atoms with Crippen LogP contribution in [0.25, 0.3) is 0 Å². The predicted octanol–water partition coefficient (Wildman–Crippen LogP) is 3.59. The van der Waals surface area contributed by atoms with Crippen LogP contribution in [0.3, 0.4) is 0 Å². The van der Waals surface area contributed by atoms with Gasteiger partial charge in [-0.2, -0.15) is 5.26 Å². The minimum absolute atomic E-state index is 1.00. The number of rotatable bonds is 4. The molecule has 0 aliphatic carbocycles. The van der Waals surface area contributed by atoms with Crippen LogP contribution in [0.2, 0.25) is 0 Å². The van der Waals surface area contributed by atoms with Gasteiger partial charge in [0.05, 0.1) is 6.07 Å². The summed E-state index contributed by atoms with van der Waals surface area (Å²) < 4.78 is 0. The quantitative estimate of drug-likeness (QED) is 0.459. The molecule has 0 N–H and O–H groups in total. The smallest absolute Gasteiger partial charge is 0.0911 e. The molecule has 0 bridgehead atoms. The Morgan fingerprint density at radius 1 is 1.33 bits per heavy atom. The highest BCUT2D eigenvalue weighted by atomic mass is 14.2. The molecule has 0 saturated heterocycles. The molecule has 0 fully saturated rings. The normalized spacial score (nSPS) is 12.8. The second-order valence-electron chi connectivity index (χ2n) is 3.06. The Morgan fingerprint density at radius 2 is 2.00 bits per heavy atom. The van der Waals surface area contributed by atoms with Crippen molar-refractivity contribution in [1.82, 2.24) is 0 Å². The molecule has 12 heavy (non-hydrogen) atoms. The van der Waals surface area contributed by atoms with Gasteiger partial charge >= 0.3 is 0 Å². The highest BCUT2D eigenvalue weighted by Crippen LogP contribution is 2.07. The number of nitrogens with zero attached hydrogens (tertiary/aromatic N) is 1. The number of hydrogen-bond acceptors (Lipinski definition) is 1. The van der Waals surface area contributed by atoms with Crippen LogP contribution in [-0.4, -0.2) is 0 Å². The first-order valence-electron chi connectivity index (χ1n) is 4.41. The summed E-state index contributed by atoms with van der Waals surface area (Å²) in [6, 6.07) is 2.04. The average Bonchev–Trinajstić information content (AvgIpc) is 2.04. The molecule has 0 rings (SSSR count). The maximum absolute atomic E-state index is 8.35. The molecule has 1 heteroatoms. The molecule has 0 heterocycles. The molecular weight excluding hydrogens is 146 g/mol. The Bertz CT molecular complexity index is 216. The van der Waals surface area contributed by atoms with E-state index in [0.717, 1.165) is 24.8 Å². The van der Waals surface area contributed by atoms with Crippen molar-refractivity contribution in [3.8, 4) is 6.07 Å². The van der Waals surface area contributed by atoms with Gasteiger partial charge in [-0.3, -0.25) is 0 Å². The van der Waals surface area contributed by atoms with Gasteiger partial charge in [0, 0.05) is 6.08 Å². The molecule has 0 aromatic rings. The predicted molar refractivity (Wildman–Crippen MR) is 52.7 cm³/mol. The van der Waals surface area contributed by atoms with Crippen LogP contribution in [0.5, 0.6) is 0 Å². The van der Waals surface area contributed by atoms with Crippen molar-refractivity contribution in [1.29, 1.82) is 5.26 Å². The minimum atomic E-state index is 1.00. The van der Waals surface area contributed by atoms with E-state index in [9.17, 15) is 0 Å². The second-order valence-corrected chi connectivity index (χ2v) is 3.06. The molecule has 0 aliphatic rings. The standard InChI is InChI=1S/C11H17N/c1-4-10(2)6-5-7-11(3)8-9-12/h6,8H,4-5,7H2,1-3H3/b10-6-,11-8-. The molecule has 0 saturated carbocycles. The minimum Gasteiger partial charge on any atom is -0.193 e. The first-order valence-corrected chi connectivity index (χ1v) is 4.41. The Morgan fingerprint density at radius 3 is 2.50 bits per heavy atom. The fraction of sp³-hybridized carbons (Fsp3) is 0.545. The van der Waals surface area contributed by atoms with Gasteiger partial charge in [-0.05, 0) is 33.1 Å². The lowest BCUT2D eigenvalue weighted by Crippen LogP contribution is -1.77. The van der Waals surface area contributed by atoms with Crippen LogP contribution < -0.4 is 0 Å². The molecule has 0 unspecified atom stereocenters. The highest BCUT2D eigenvalue weighted by molar-refractivity contribution is 5.12.